The summed E-state index contributed by atoms with van der Waals surface area (Å²) < 4.78 is 5.42. The summed E-state index contributed by atoms with van der Waals surface area (Å²) in [6.07, 6.45) is 3.13. The molecule has 94 valence electrons. The molecule has 1 fully saturated rings. The van der Waals surface area contributed by atoms with Crippen LogP contribution in [0.5, 0.6) is 0 Å². The van der Waals surface area contributed by atoms with Crippen molar-refractivity contribution < 1.29 is 14.6 Å². The summed E-state index contributed by atoms with van der Waals surface area (Å²) in [6.45, 7) is 7.33. The molecule has 1 aliphatic rings. The van der Waals surface area contributed by atoms with Crippen LogP contribution in [0, 0.1) is 5.41 Å². The average molecular weight is 229 g/mol. The highest BCUT2D eigenvalue weighted by molar-refractivity contribution is 5.73. The molecule has 0 amide bonds. The second-order valence-corrected chi connectivity index (χ2v) is 5.72. The summed E-state index contributed by atoms with van der Waals surface area (Å²) in [5.74, 6) is -0.817. The molecule has 16 heavy (non-hydrogen) atoms. The van der Waals surface area contributed by atoms with Gasteiger partial charge in [-0.25, -0.2) is 0 Å². The molecule has 0 heterocycles. The van der Waals surface area contributed by atoms with Crippen LogP contribution >= 0.6 is 0 Å². The number of aliphatic carboxylic acids is 1. The minimum atomic E-state index is -0.817. The van der Waals surface area contributed by atoms with Crippen LogP contribution in [0.15, 0.2) is 0 Å². The van der Waals surface area contributed by atoms with Crippen molar-refractivity contribution in [3.63, 3.8) is 0 Å². The van der Waals surface area contributed by atoms with Crippen molar-refractivity contribution >= 4 is 5.97 Å². The molecule has 0 saturated heterocycles. The van der Waals surface area contributed by atoms with E-state index in [-0.39, 0.29) is 12.0 Å². The van der Waals surface area contributed by atoms with E-state index in [0.717, 1.165) is 19.3 Å². The number of carboxylic acids is 1. The SMILES string of the molecule is CC(C)(C)CCOCC(NC1CC1)C(=O)O. The molecule has 0 bridgehead atoms. The average Bonchev–Trinajstić information content (AvgIpc) is 2.91. The Balaban J connectivity index is 2.14. The van der Waals surface area contributed by atoms with E-state index in [4.69, 9.17) is 9.84 Å². The molecule has 0 aliphatic heterocycles. The van der Waals surface area contributed by atoms with Crippen LogP contribution in [-0.4, -0.2) is 36.4 Å². The lowest BCUT2D eigenvalue weighted by atomic mass is 9.93. The van der Waals surface area contributed by atoms with Gasteiger partial charge in [0.15, 0.2) is 0 Å². The summed E-state index contributed by atoms with van der Waals surface area (Å²) in [4.78, 5) is 10.9. The number of carboxylic acid groups (broad SMARTS) is 1. The zero-order valence-corrected chi connectivity index (χ0v) is 10.5. The van der Waals surface area contributed by atoms with E-state index in [1.807, 2.05) is 0 Å². The second kappa shape index (κ2) is 5.64. The van der Waals surface area contributed by atoms with Crippen LogP contribution in [0.2, 0.25) is 0 Å². The van der Waals surface area contributed by atoms with Crippen molar-refractivity contribution in [2.45, 2.75) is 52.1 Å². The Hall–Kier alpha value is -0.610. The van der Waals surface area contributed by atoms with Crippen LogP contribution in [0.1, 0.15) is 40.0 Å². The maximum Gasteiger partial charge on any atom is 0.323 e. The Morgan fingerprint density at radius 3 is 2.56 bits per heavy atom. The van der Waals surface area contributed by atoms with E-state index in [0.29, 0.717) is 12.6 Å². The zero-order chi connectivity index (χ0) is 12.2. The van der Waals surface area contributed by atoms with Gasteiger partial charge in [0, 0.05) is 12.6 Å². The first-order valence-electron chi connectivity index (χ1n) is 5.95. The van der Waals surface area contributed by atoms with Crippen LogP contribution in [0.4, 0.5) is 0 Å². The van der Waals surface area contributed by atoms with E-state index in [1.165, 1.54) is 0 Å². The quantitative estimate of drug-likeness (QED) is 0.652. The molecular weight excluding hydrogens is 206 g/mol. The third kappa shape index (κ3) is 6.08. The first kappa shape index (κ1) is 13.5. The Kier molecular flexibility index (Phi) is 4.74. The van der Waals surface area contributed by atoms with Gasteiger partial charge < -0.3 is 9.84 Å². The monoisotopic (exact) mass is 229 g/mol. The maximum atomic E-state index is 10.9. The lowest BCUT2D eigenvalue weighted by Gasteiger charge is -2.19. The number of rotatable bonds is 7. The van der Waals surface area contributed by atoms with Gasteiger partial charge in [-0.05, 0) is 24.7 Å². The fourth-order valence-electron chi connectivity index (χ4n) is 1.30. The van der Waals surface area contributed by atoms with Gasteiger partial charge in [-0.15, -0.1) is 0 Å². The van der Waals surface area contributed by atoms with E-state index < -0.39 is 12.0 Å². The lowest BCUT2D eigenvalue weighted by molar-refractivity contribution is -0.141. The van der Waals surface area contributed by atoms with Crippen molar-refractivity contribution in [1.29, 1.82) is 0 Å². The minimum absolute atomic E-state index is 0.239. The number of hydrogen-bond donors (Lipinski definition) is 2. The molecule has 0 radical (unpaired) electrons. The van der Waals surface area contributed by atoms with Crippen LogP contribution in [-0.2, 0) is 9.53 Å². The minimum Gasteiger partial charge on any atom is -0.480 e. The van der Waals surface area contributed by atoms with Gasteiger partial charge >= 0.3 is 5.97 Å². The highest BCUT2D eigenvalue weighted by atomic mass is 16.5. The molecule has 0 aromatic heterocycles. The van der Waals surface area contributed by atoms with Crippen LogP contribution < -0.4 is 5.32 Å². The van der Waals surface area contributed by atoms with E-state index in [1.54, 1.807) is 0 Å². The Morgan fingerprint density at radius 2 is 2.12 bits per heavy atom. The van der Waals surface area contributed by atoms with Gasteiger partial charge in [0.2, 0.25) is 0 Å². The number of nitrogens with one attached hydrogen (secondary N) is 1. The van der Waals surface area contributed by atoms with Gasteiger partial charge in [0.1, 0.15) is 6.04 Å². The van der Waals surface area contributed by atoms with Crippen molar-refractivity contribution in [3.05, 3.63) is 0 Å². The van der Waals surface area contributed by atoms with Gasteiger partial charge in [0.25, 0.3) is 0 Å². The predicted octanol–water partition coefficient (Wildman–Crippen LogP) is 1.64. The number of hydrogen-bond acceptors (Lipinski definition) is 3. The van der Waals surface area contributed by atoms with Gasteiger partial charge in [-0.2, -0.15) is 0 Å². The van der Waals surface area contributed by atoms with E-state index >= 15 is 0 Å². The smallest absolute Gasteiger partial charge is 0.323 e. The first-order chi connectivity index (χ1) is 7.38. The molecule has 0 spiro atoms. The predicted molar refractivity (Wildman–Crippen MR) is 62.5 cm³/mol. The fraction of sp³-hybridized carbons (Fsp3) is 0.917. The molecule has 1 aliphatic carbocycles. The third-order valence-electron chi connectivity index (χ3n) is 2.59. The summed E-state index contributed by atoms with van der Waals surface area (Å²) >= 11 is 0. The molecule has 1 atom stereocenters. The molecule has 2 N–H and O–H groups in total. The van der Waals surface area contributed by atoms with Crippen LogP contribution in [0.25, 0.3) is 0 Å². The number of carbonyl (C=O) groups is 1. The highest BCUT2D eigenvalue weighted by Gasteiger charge is 2.28. The first-order valence-corrected chi connectivity index (χ1v) is 5.95. The van der Waals surface area contributed by atoms with Crippen molar-refractivity contribution in [3.8, 4) is 0 Å². The maximum absolute atomic E-state index is 10.9. The largest absolute Gasteiger partial charge is 0.480 e. The third-order valence-corrected chi connectivity index (χ3v) is 2.59. The molecule has 1 unspecified atom stereocenters. The lowest BCUT2D eigenvalue weighted by Crippen LogP contribution is -2.41. The summed E-state index contributed by atoms with van der Waals surface area (Å²) in [5, 5.41) is 12.0. The Morgan fingerprint density at radius 1 is 1.50 bits per heavy atom. The summed E-state index contributed by atoms with van der Waals surface area (Å²) in [5.41, 5.74) is 0.239. The highest BCUT2D eigenvalue weighted by Crippen LogP contribution is 2.20. The molecule has 0 aromatic rings. The van der Waals surface area contributed by atoms with Crippen molar-refractivity contribution in [2.75, 3.05) is 13.2 Å². The fourth-order valence-corrected chi connectivity index (χ4v) is 1.30. The second-order valence-electron chi connectivity index (χ2n) is 5.72. The van der Waals surface area contributed by atoms with Gasteiger partial charge in [-0.1, -0.05) is 20.8 Å². The Bertz CT molecular complexity index is 231. The zero-order valence-electron chi connectivity index (χ0n) is 10.5. The normalized spacial score (nSPS) is 18.4. The standard InChI is InChI=1S/C12H23NO3/c1-12(2,3)6-7-16-8-10(11(14)15)13-9-4-5-9/h9-10,13H,4-8H2,1-3H3,(H,14,15). The Labute approximate surface area is 97.4 Å². The van der Waals surface area contributed by atoms with Crippen LogP contribution in [0.3, 0.4) is 0 Å². The topological polar surface area (TPSA) is 58.6 Å². The van der Waals surface area contributed by atoms with E-state index in [9.17, 15) is 4.79 Å². The van der Waals surface area contributed by atoms with Crippen molar-refractivity contribution in [2.24, 2.45) is 5.41 Å². The molecule has 4 heteroatoms. The molecule has 1 rings (SSSR count). The molecule has 0 aromatic carbocycles. The molecule has 4 nitrogen and oxygen atoms in total. The van der Waals surface area contributed by atoms with Gasteiger partial charge in [-0.3, -0.25) is 10.1 Å². The molecular formula is C12H23NO3. The van der Waals surface area contributed by atoms with Crippen molar-refractivity contribution in [1.82, 2.24) is 5.32 Å². The number of ether oxygens (including phenoxy) is 1. The summed E-state index contributed by atoms with van der Waals surface area (Å²) in [7, 11) is 0. The summed E-state index contributed by atoms with van der Waals surface area (Å²) in [6, 6.07) is -0.153. The van der Waals surface area contributed by atoms with Gasteiger partial charge in [0.05, 0.1) is 6.61 Å². The van der Waals surface area contributed by atoms with E-state index in [2.05, 4.69) is 26.1 Å². The molecule has 1 saturated carbocycles.